The number of rotatable bonds is 5. The van der Waals surface area contributed by atoms with Gasteiger partial charge >= 0.3 is 5.97 Å². The van der Waals surface area contributed by atoms with Crippen LogP contribution in [0.15, 0.2) is 24.3 Å². The number of ether oxygens (including phenoxy) is 1. The van der Waals surface area contributed by atoms with Crippen LogP contribution in [0.4, 0.5) is 0 Å². The summed E-state index contributed by atoms with van der Waals surface area (Å²) in [4.78, 5) is 35.0. The zero-order valence-electron chi connectivity index (χ0n) is 10.8. The number of hydrogen-bond acceptors (Lipinski definition) is 4. The van der Waals surface area contributed by atoms with Gasteiger partial charge in [-0.2, -0.15) is 0 Å². The van der Waals surface area contributed by atoms with Crippen LogP contribution in [-0.4, -0.2) is 41.4 Å². The Hall–Kier alpha value is -2.37. The number of imide groups is 1. The van der Waals surface area contributed by atoms with Gasteiger partial charge in [-0.15, -0.1) is 0 Å². The molecule has 0 atom stereocenters. The SMILES string of the molecule is COc1cccc(C(=O)N(CCC(=O)O)C(C)=O)c1. The number of nitrogens with zero attached hydrogens (tertiary/aromatic N) is 1. The molecule has 0 saturated heterocycles. The lowest BCUT2D eigenvalue weighted by molar-refractivity contribution is -0.137. The minimum Gasteiger partial charge on any atom is -0.497 e. The van der Waals surface area contributed by atoms with Gasteiger partial charge in [0.25, 0.3) is 5.91 Å². The molecular formula is C13H15NO5. The summed E-state index contributed by atoms with van der Waals surface area (Å²) >= 11 is 0. The van der Waals surface area contributed by atoms with Crippen molar-refractivity contribution >= 4 is 17.8 Å². The zero-order valence-corrected chi connectivity index (χ0v) is 10.8. The summed E-state index contributed by atoms with van der Waals surface area (Å²) in [7, 11) is 1.47. The van der Waals surface area contributed by atoms with Crippen molar-refractivity contribution in [2.24, 2.45) is 0 Å². The van der Waals surface area contributed by atoms with Crippen LogP contribution < -0.4 is 4.74 Å². The van der Waals surface area contributed by atoms with Gasteiger partial charge in [0.1, 0.15) is 5.75 Å². The van der Waals surface area contributed by atoms with Crippen molar-refractivity contribution in [2.45, 2.75) is 13.3 Å². The fourth-order valence-electron chi connectivity index (χ4n) is 1.52. The first-order valence-electron chi connectivity index (χ1n) is 5.64. The van der Waals surface area contributed by atoms with E-state index in [1.54, 1.807) is 18.2 Å². The number of carboxylic acid groups (broad SMARTS) is 1. The lowest BCUT2D eigenvalue weighted by Crippen LogP contribution is -2.36. The normalized spacial score (nSPS) is 9.79. The maximum Gasteiger partial charge on any atom is 0.305 e. The number of carbonyl (C=O) groups excluding carboxylic acids is 2. The molecule has 2 amide bonds. The Balaban J connectivity index is 2.92. The third-order valence-electron chi connectivity index (χ3n) is 2.49. The highest BCUT2D eigenvalue weighted by atomic mass is 16.5. The number of hydrogen-bond donors (Lipinski definition) is 1. The summed E-state index contributed by atoms with van der Waals surface area (Å²) in [5.41, 5.74) is 0.278. The summed E-state index contributed by atoms with van der Waals surface area (Å²) in [5.74, 6) is -1.60. The standard InChI is InChI=1S/C13H15NO5/c1-9(15)14(7-6-12(16)17)13(18)10-4-3-5-11(8-10)19-2/h3-5,8H,6-7H2,1-2H3,(H,16,17). The van der Waals surface area contributed by atoms with E-state index < -0.39 is 17.8 Å². The summed E-state index contributed by atoms with van der Waals surface area (Å²) in [6, 6.07) is 6.34. The average molecular weight is 265 g/mol. The van der Waals surface area contributed by atoms with E-state index in [2.05, 4.69) is 0 Å². The van der Waals surface area contributed by atoms with Crippen molar-refractivity contribution in [1.29, 1.82) is 0 Å². The summed E-state index contributed by atoms with van der Waals surface area (Å²) in [5, 5.41) is 8.61. The molecule has 0 unspecified atom stereocenters. The molecule has 0 spiro atoms. The maximum absolute atomic E-state index is 12.1. The molecule has 102 valence electrons. The molecule has 0 radical (unpaired) electrons. The Morgan fingerprint density at radius 2 is 2.00 bits per heavy atom. The van der Waals surface area contributed by atoms with Crippen molar-refractivity contribution in [3.8, 4) is 5.75 Å². The summed E-state index contributed by atoms with van der Waals surface area (Å²) < 4.78 is 4.99. The Morgan fingerprint density at radius 1 is 1.32 bits per heavy atom. The van der Waals surface area contributed by atoms with Gasteiger partial charge in [0.2, 0.25) is 5.91 Å². The smallest absolute Gasteiger partial charge is 0.305 e. The third kappa shape index (κ3) is 4.09. The van der Waals surface area contributed by atoms with Crippen LogP contribution in [-0.2, 0) is 9.59 Å². The van der Waals surface area contributed by atoms with E-state index in [1.807, 2.05) is 0 Å². The van der Waals surface area contributed by atoms with E-state index in [1.165, 1.54) is 20.1 Å². The number of methoxy groups -OCH3 is 1. The number of carboxylic acids is 1. The quantitative estimate of drug-likeness (QED) is 0.863. The second-order valence-electron chi connectivity index (χ2n) is 3.85. The predicted octanol–water partition coefficient (Wildman–Crippen LogP) is 1.16. The molecule has 0 bridgehead atoms. The van der Waals surface area contributed by atoms with E-state index in [0.717, 1.165) is 4.90 Å². The van der Waals surface area contributed by atoms with Crippen LogP contribution in [0, 0.1) is 0 Å². The van der Waals surface area contributed by atoms with Crippen LogP contribution in [0.25, 0.3) is 0 Å². The monoisotopic (exact) mass is 265 g/mol. The first-order chi connectivity index (χ1) is 8.95. The van der Waals surface area contributed by atoms with Gasteiger partial charge in [-0.3, -0.25) is 19.3 Å². The Kier molecular flexibility index (Phi) is 5.05. The molecule has 0 aliphatic heterocycles. The second kappa shape index (κ2) is 6.53. The third-order valence-corrected chi connectivity index (χ3v) is 2.49. The van der Waals surface area contributed by atoms with E-state index in [4.69, 9.17) is 9.84 Å². The molecule has 6 nitrogen and oxygen atoms in total. The highest BCUT2D eigenvalue weighted by Gasteiger charge is 2.20. The van der Waals surface area contributed by atoms with Gasteiger partial charge in [-0.05, 0) is 18.2 Å². The van der Waals surface area contributed by atoms with Gasteiger partial charge in [0.15, 0.2) is 0 Å². The van der Waals surface area contributed by atoms with Crippen LogP contribution in [0.5, 0.6) is 5.75 Å². The van der Waals surface area contributed by atoms with Crippen LogP contribution in [0.3, 0.4) is 0 Å². The molecule has 1 aromatic rings. The van der Waals surface area contributed by atoms with Gasteiger partial charge in [-0.1, -0.05) is 6.07 Å². The van der Waals surface area contributed by atoms with E-state index in [9.17, 15) is 14.4 Å². The van der Waals surface area contributed by atoms with Gasteiger partial charge < -0.3 is 9.84 Å². The highest BCUT2D eigenvalue weighted by molar-refractivity contribution is 6.04. The predicted molar refractivity (Wildman–Crippen MR) is 67.0 cm³/mol. The zero-order chi connectivity index (χ0) is 14.4. The van der Waals surface area contributed by atoms with E-state index in [0.29, 0.717) is 5.75 Å². The Labute approximate surface area is 110 Å². The van der Waals surface area contributed by atoms with Gasteiger partial charge in [-0.25, -0.2) is 0 Å². The maximum atomic E-state index is 12.1. The molecule has 1 rings (SSSR count). The minimum atomic E-state index is -1.07. The summed E-state index contributed by atoms with van der Waals surface area (Å²) in [6.45, 7) is 1.07. The molecule has 1 N–H and O–H groups in total. The summed E-state index contributed by atoms with van der Waals surface area (Å²) in [6.07, 6.45) is -0.282. The number of amides is 2. The van der Waals surface area contributed by atoms with E-state index in [-0.39, 0.29) is 18.5 Å². The topological polar surface area (TPSA) is 83.9 Å². The first-order valence-corrected chi connectivity index (χ1v) is 5.64. The largest absolute Gasteiger partial charge is 0.497 e. The lowest BCUT2D eigenvalue weighted by atomic mass is 10.2. The van der Waals surface area contributed by atoms with Crippen molar-refractivity contribution in [2.75, 3.05) is 13.7 Å². The number of carbonyl (C=O) groups is 3. The molecule has 1 aromatic carbocycles. The average Bonchev–Trinajstić information content (AvgIpc) is 2.38. The molecule has 0 aliphatic carbocycles. The van der Waals surface area contributed by atoms with Crippen molar-refractivity contribution in [1.82, 2.24) is 4.90 Å². The minimum absolute atomic E-state index is 0.152. The second-order valence-corrected chi connectivity index (χ2v) is 3.85. The highest BCUT2D eigenvalue weighted by Crippen LogP contribution is 2.14. The van der Waals surface area contributed by atoms with Crippen molar-refractivity contribution in [3.63, 3.8) is 0 Å². The first kappa shape index (κ1) is 14.7. The Morgan fingerprint density at radius 3 is 2.53 bits per heavy atom. The molecule has 0 aromatic heterocycles. The van der Waals surface area contributed by atoms with Crippen molar-refractivity contribution < 1.29 is 24.2 Å². The van der Waals surface area contributed by atoms with Crippen LogP contribution in [0.2, 0.25) is 0 Å². The fraction of sp³-hybridized carbons (Fsp3) is 0.308. The fourth-order valence-corrected chi connectivity index (χ4v) is 1.52. The van der Waals surface area contributed by atoms with Crippen molar-refractivity contribution in [3.05, 3.63) is 29.8 Å². The van der Waals surface area contributed by atoms with Gasteiger partial charge in [0.05, 0.1) is 13.5 Å². The Bertz CT molecular complexity index is 498. The molecule has 0 saturated carbocycles. The van der Waals surface area contributed by atoms with Crippen LogP contribution in [0.1, 0.15) is 23.7 Å². The lowest BCUT2D eigenvalue weighted by Gasteiger charge is -2.18. The van der Waals surface area contributed by atoms with E-state index >= 15 is 0 Å². The number of aliphatic carboxylic acids is 1. The van der Waals surface area contributed by atoms with Crippen LogP contribution >= 0.6 is 0 Å². The molecule has 6 heteroatoms. The molecular weight excluding hydrogens is 250 g/mol. The van der Waals surface area contributed by atoms with Gasteiger partial charge in [0, 0.05) is 19.0 Å². The molecule has 0 heterocycles. The number of benzene rings is 1. The molecule has 0 fully saturated rings. The molecule has 19 heavy (non-hydrogen) atoms. The molecule has 0 aliphatic rings.